The fourth-order valence-corrected chi connectivity index (χ4v) is 11.5. The van der Waals surface area contributed by atoms with Crippen molar-refractivity contribution in [1.29, 1.82) is 0 Å². The van der Waals surface area contributed by atoms with E-state index in [9.17, 15) is 43.5 Å². The number of aliphatic hydroxyl groups excluding tert-OH is 1. The molecule has 0 spiro atoms. The van der Waals surface area contributed by atoms with Crippen molar-refractivity contribution in [1.82, 2.24) is 55.6 Å². The van der Waals surface area contributed by atoms with E-state index in [1.165, 1.54) is 80.8 Å². The summed E-state index contributed by atoms with van der Waals surface area (Å²) in [6.45, 7) is 32.1. The van der Waals surface area contributed by atoms with Gasteiger partial charge in [0, 0.05) is 49.3 Å². The monoisotopic (exact) mass is 1260 g/mol. The summed E-state index contributed by atoms with van der Waals surface area (Å²) >= 11 is 0. The molecule has 0 radical (unpaired) electrons. The molecule has 0 saturated carbocycles. The van der Waals surface area contributed by atoms with Crippen LogP contribution in [0.15, 0.2) is 12.2 Å². The van der Waals surface area contributed by atoms with Crippen LogP contribution >= 0.6 is 0 Å². The number of carbonyl (C=O) groups excluding carboxylic acids is 11. The number of likely N-dealkylation sites (N-methyl/N-ethyl adjacent to an activating group) is 7. The van der Waals surface area contributed by atoms with Gasteiger partial charge in [0.05, 0.1) is 12.6 Å². The Morgan fingerprint density at radius 3 is 1.25 bits per heavy atom. The Balaban J connectivity index is 4.44. The third kappa shape index (κ3) is 23.9. The van der Waals surface area contributed by atoms with Gasteiger partial charge >= 0.3 is 0 Å². The SMILES string of the molecule is C/C=C/C[C@@H](C)[C@@H](O)[C@H]1C(=O)N[C@@H](CC)C(=O)N(C)CC(=O)N(C)[C@@H](CC(C)C)C(=O)N[C@@H](CC(C)C)C(=O)N(C)[C@@H](CC(C)C)C(=O)N[C@@H](CC(C)C)C(=O)N[C@H](C)C(=O)N(C)[C@@H](CC(C)C)C(=O)N(C)[C@H](CC(C)C)C(=O)N(C)[C@@H](C(C)C)C(=O)N1C. The van der Waals surface area contributed by atoms with Gasteiger partial charge in [0.2, 0.25) is 65.0 Å². The molecule has 1 saturated heterocycles. The number of rotatable bonds is 18. The van der Waals surface area contributed by atoms with Crippen LogP contribution in [-0.2, 0) is 52.7 Å². The summed E-state index contributed by atoms with van der Waals surface area (Å²) in [4.78, 5) is 171. The van der Waals surface area contributed by atoms with Gasteiger partial charge in [-0.05, 0) is 113 Å². The molecule has 0 aromatic heterocycles. The second-order valence-electron chi connectivity index (χ2n) is 28.0. The highest BCUT2D eigenvalue weighted by atomic mass is 16.3. The number of aliphatic hydroxyl groups is 1. The number of nitrogens with zero attached hydrogens (tertiary/aromatic N) is 7. The Labute approximate surface area is 534 Å². The molecule has 5 N–H and O–H groups in total. The predicted molar refractivity (Wildman–Crippen MR) is 347 cm³/mol. The number of amides is 11. The highest BCUT2D eigenvalue weighted by Gasteiger charge is 2.46. The summed E-state index contributed by atoms with van der Waals surface area (Å²) in [5, 5.41) is 23.5. The standard InChI is InChI=1S/C66H119N11O12/c1-26-28-29-44(17)56(79)55-60(83)68-46(27-2)62(85)71(19)36-53(78)72(20)49(32-39(7)8)58(81)70-48(31-38(5)6)63(86)73(21)50(33-40(9)10)59(82)69-47(30-37(3)4)57(80)67-45(18)61(84)74(22)51(34-41(11)12)64(87)75(23)52(35-42(13)14)65(88)76(24)54(43(15)16)66(89)77(55)25/h26,28,37-52,54-56,79H,27,29-36H2,1-25H3,(H,67,80)(H,68,83)(H,69,82)(H,70,81)/b28-26+/t44-,45-,46+,47+,48+,49+,50+,51+,52-,54+,55+,56-/m1/s1. The quantitative estimate of drug-likeness (QED) is 0.117. The normalized spacial score (nSPS) is 26.3. The fraction of sp³-hybridized carbons (Fsp3) is 0.803. The second-order valence-corrected chi connectivity index (χ2v) is 28.0. The third-order valence-corrected chi connectivity index (χ3v) is 16.8. The fourth-order valence-electron chi connectivity index (χ4n) is 11.5. The topological polar surface area (TPSA) is 279 Å². The van der Waals surface area contributed by atoms with E-state index >= 15 is 14.4 Å². The van der Waals surface area contributed by atoms with Gasteiger partial charge < -0.3 is 60.7 Å². The maximum Gasteiger partial charge on any atom is 0.246 e. The average Bonchev–Trinajstić information content (AvgIpc) is 0.953. The molecule has 0 aliphatic carbocycles. The molecule has 89 heavy (non-hydrogen) atoms. The van der Waals surface area contributed by atoms with Crippen LogP contribution in [0, 0.1) is 47.3 Å². The van der Waals surface area contributed by atoms with Crippen molar-refractivity contribution in [2.24, 2.45) is 47.3 Å². The Hall–Kier alpha value is -6.13. The molecule has 1 fully saturated rings. The highest BCUT2D eigenvalue weighted by molar-refractivity contribution is 5.99. The minimum atomic E-state index is -1.61. The van der Waals surface area contributed by atoms with E-state index in [1.54, 1.807) is 40.7 Å². The lowest BCUT2D eigenvalue weighted by atomic mass is 9.91. The molecule has 1 aliphatic rings. The van der Waals surface area contributed by atoms with Crippen molar-refractivity contribution >= 4 is 65.0 Å². The number of hydrogen-bond donors (Lipinski definition) is 5. The minimum Gasteiger partial charge on any atom is -0.390 e. The largest absolute Gasteiger partial charge is 0.390 e. The number of nitrogens with one attached hydrogen (secondary N) is 4. The summed E-state index contributed by atoms with van der Waals surface area (Å²) in [6, 6.07) is -12.3. The van der Waals surface area contributed by atoms with Gasteiger partial charge in [-0.15, -0.1) is 0 Å². The van der Waals surface area contributed by atoms with E-state index in [4.69, 9.17) is 0 Å². The number of carbonyl (C=O) groups is 11. The van der Waals surface area contributed by atoms with Crippen LogP contribution in [0.25, 0.3) is 0 Å². The average molecular weight is 1260 g/mol. The molecule has 1 aliphatic heterocycles. The van der Waals surface area contributed by atoms with E-state index in [-0.39, 0.29) is 80.5 Å². The highest BCUT2D eigenvalue weighted by Crippen LogP contribution is 2.26. The van der Waals surface area contributed by atoms with E-state index in [1.807, 2.05) is 89.2 Å². The molecule has 1 heterocycles. The molecule has 12 atom stereocenters. The Kier molecular flexibility index (Phi) is 33.9. The maximum atomic E-state index is 15.2. The van der Waals surface area contributed by atoms with Crippen LogP contribution in [0.3, 0.4) is 0 Å². The van der Waals surface area contributed by atoms with Gasteiger partial charge in [-0.2, -0.15) is 0 Å². The van der Waals surface area contributed by atoms with Gasteiger partial charge in [-0.1, -0.05) is 123 Å². The molecule has 0 aromatic rings. The van der Waals surface area contributed by atoms with Crippen molar-refractivity contribution in [3.63, 3.8) is 0 Å². The minimum absolute atomic E-state index is 0.0230. The van der Waals surface area contributed by atoms with Crippen molar-refractivity contribution < 1.29 is 57.8 Å². The van der Waals surface area contributed by atoms with Crippen molar-refractivity contribution in [2.45, 2.75) is 243 Å². The molecule has 11 amide bonds. The van der Waals surface area contributed by atoms with E-state index in [2.05, 4.69) is 21.3 Å². The lowest BCUT2D eigenvalue weighted by Gasteiger charge is -2.41. The summed E-state index contributed by atoms with van der Waals surface area (Å²) in [5.41, 5.74) is 0. The van der Waals surface area contributed by atoms with Gasteiger partial charge in [0.25, 0.3) is 0 Å². The molecule has 0 aromatic carbocycles. The maximum absolute atomic E-state index is 15.2. The van der Waals surface area contributed by atoms with Gasteiger partial charge in [-0.3, -0.25) is 52.7 Å². The molecule has 0 unspecified atom stereocenters. The Morgan fingerprint density at radius 2 is 0.809 bits per heavy atom. The number of hydrogen-bond acceptors (Lipinski definition) is 12. The van der Waals surface area contributed by atoms with Crippen LogP contribution < -0.4 is 21.3 Å². The summed E-state index contributed by atoms with van der Waals surface area (Å²) in [5.74, 6) is -9.33. The molecule has 23 heteroatoms. The zero-order valence-corrected chi connectivity index (χ0v) is 59.1. The van der Waals surface area contributed by atoms with Crippen molar-refractivity contribution in [3.8, 4) is 0 Å². The van der Waals surface area contributed by atoms with E-state index in [0.717, 1.165) is 9.80 Å². The van der Waals surface area contributed by atoms with Crippen LogP contribution in [0.2, 0.25) is 0 Å². The van der Waals surface area contributed by atoms with Gasteiger partial charge in [0.15, 0.2) is 0 Å². The summed E-state index contributed by atoms with van der Waals surface area (Å²) in [7, 11) is 10.0. The third-order valence-electron chi connectivity index (χ3n) is 16.8. The molecular weight excluding hydrogens is 1140 g/mol. The Bertz CT molecular complexity index is 2410. The van der Waals surface area contributed by atoms with E-state index in [0.29, 0.717) is 6.42 Å². The molecular formula is C66H119N11O12. The molecule has 23 nitrogen and oxygen atoms in total. The number of allylic oxidation sites excluding steroid dienone is 2. The van der Waals surface area contributed by atoms with Gasteiger partial charge in [0.1, 0.15) is 60.4 Å². The van der Waals surface area contributed by atoms with Gasteiger partial charge in [-0.25, -0.2) is 0 Å². The predicted octanol–water partition coefficient (Wildman–Crippen LogP) is 4.69. The van der Waals surface area contributed by atoms with Crippen LogP contribution in [0.4, 0.5) is 0 Å². The lowest BCUT2D eigenvalue weighted by Crippen LogP contribution is -2.63. The Morgan fingerprint density at radius 1 is 0.427 bits per heavy atom. The first-order chi connectivity index (χ1) is 41.1. The zero-order valence-electron chi connectivity index (χ0n) is 59.1. The van der Waals surface area contributed by atoms with Crippen LogP contribution in [0.1, 0.15) is 176 Å². The first kappa shape index (κ1) is 80.9. The summed E-state index contributed by atoms with van der Waals surface area (Å²) in [6.07, 6.45) is 3.35. The molecule has 1 rings (SSSR count). The van der Waals surface area contributed by atoms with Crippen molar-refractivity contribution in [2.75, 3.05) is 55.9 Å². The first-order valence-corrected chi connectivity index (χ1v) is 32.4. The first-order valence-electron chi connectivity index (χ1n) is 32.4. The van der Waals surface area contributed by atoms with Crippen LogP contribution in [0.5, 0.6) is 0 Å². The zero-order chi connectivity index (χ0) is 69.0. The molecule has 510 valence electrons. The molecule has 0 bridgehead atoms. The van der Waals surface area contributed by atoms with E-state index < -0.39 is 150 Å². The second kappa shape index (κ2) is 37.3. The summed E-state index contributed by atoms with van der Waals surface area (Å²) < 4.78 is 0. The smallest absolute Gasteiger partial charge is 0.246 e. The van der Waals surface area contributed by atoms with Crippen LogP contribution in [-0.4, -0.2) is 227 Å². The lowest BCUT2D eigenvalue weighted by molar-refractivity contribution is -0.157. The van der Waals surface area contributed by atoms with Crippen molar-refractivity contribution in [3.05, 3.63) is 12.2 Å².